The van der Waals surface area contributed by atoms with E-state index >= 15 is 0 Å². The van der Waals surface area contributed by atoms with Crippen LogP contribution < -0.4 is 5.32 Å². The number of halogens is 1. The van der Waals surface area contributed by atoms with Gasteiger partial charge >= 0.3 is 0 Å². The topological polar surface area (TPSA) is 59.8 Å². The molecule has 0 fully saturated rings. The van der Waals surface area contributed by atoms with Crippen LogP contribution in [0.25, 0.3) is 10.8 Å². The van der Waals surface area contributed by atoms with E-state index in [1.54, 1.807) is 23.0 Å². The van der Waals surface area contributed by atoms with Crippen molar-refractivity contribution in [2.24, 2.45) is 0 Å². The summed E-state index contributed by atoms with van der Waals surface area (Å²) in [5.74, 6) is -0.251. The monoisotopic (exact) mass is 362 g/mol. The molecule has 0 atom stereocenters. The van der Waals surface area contributed by atoms with Crippen LogP contribution in [0.1, 0.15) is 15.9 Å². The van der Waals surface area contributed by atoms with E-state index in [2.05, 4.69) is 39.7 Å². The van der Waals surface area contributed by atoms with E-state index in [4.69, 9.17) is 11.6 Å². The van der Waals surface area contributed by atoms with Gasteiger partial charge in [-0.05, 0) is 28.5 Å². The zero-order valence-corrected chi connectivity index (χ0v) is 14.5. The van der Waals surface area contributed by atoms with Crippen LogP contribution in [-0.4, -0.2) is 20.7 Å². The van der Waals surface area contributed by atoms with Crippen LogP contribution in [-0.2, 0) is 6.54 Å². The Balaban J connectivity index is 1.51. The van der Waals surface area contributed by atoms with Crippen molar-refractivity contribution in [3.63, 3.8) is 0 Å². The van der Waals surface area contributed by atoms with Crippen LogP contribution in [0.4, 0.5) is 5.69 Å². The van der Waals surface area contributed by atoms with Crippen LogP contribution in [0.2, 0.25) is 5.15 Å². The average Bonchev–Trinajstić information content (AvgIpc) is 3.09. The van der Waals surface area contributed by atoms with Crippen LogP contribution in [0.3, 0.4) is 0 Å². The van der Waals surface area contributed by atoms with Gasteiger partial charge in [-0.3, -0.25) is 9.48 Å². The lowest BCUT2D eigenvalue weighted by Gasteiger charge is -2.06. The fourth-order valence-corrected chi connectivity index (χ4v) is 2.94. The largest absolute Gasteiger partial charge is 0.319 e. The van der Waals surface area contributed by atoms with Gasteiger partial charge in [-0.1, -0.05) is 54.1 Å². The van der Waals surface area contributed by atoms with Crippen LogP contribution in [0.5, 0.6) is 0 Å². The third-order valence-corrected chi connectivity index (χ3v) is 4.32. The fourth-order valence-electron chi connectivity index (χ4n) is 2.83. The van der Waals surface area contributed by atoms with Crippen LogP contribution >= 0.6 is 11.6 Å². The van der Waals surface area contributed by atoms with Gasteiger partial charge in [-0.25, -0.2) is 4.98 Å². The Kier molecular flexibility index (Phi) is 4.37. The zero-order chi connectivity index (χ0) is 17.9. The van der Waals surface area contributed by atoms with E-state index < -0.39 is 0 Å². The Morgan fingerprint density at radius 1 is 1.04 bits per heavy atom. The molecule has 1 amide bonds. The highest BCUT2D eigenvalue weighted by atomic mass is 35.5. The lowest BCUT2D eigenvalue weighted by Crippen LogP contribution is -2.11. The highest BCUT2D eigenvalue weighted by Gasteiger charge is 2.09. The molecule has 0 aliphatic carbocycles. The van der Waals surface area contributed by atoms with Crippen molar-refractivity contribution < 1.29 is 4.79 Å². The SMILES string of the molecule is O=C(Nc1cnn(Cc2cccc3ccccc23)c1)c1ccc(Cl)nc1. The molecule has 4 rings (SSSR count). The van der Waals surface area contributed by atoms with Crippen LogP contribution in [0.15, 0.2) is 73.2 Å². The molecular formula is C20H15ClN4O. The summed E-state index contributed by atoms with van der Waals surface area (Å²) in [4.78, 5) is 16.2. The summed E-state index contributed by atoms with van der Waals surface area (Å²) in [6.07, 6.45) is 4.88. The number of amides is 1. The van der Waals surface area contributed by atoms with Gasteiger partial charge in [0.25, 0.3) is 5.91 Å². The number of aromatic nitrogens is 3. The van der Waals surface area contributed by atoms with Crippen LogP contribution in [0, 0.1) is 0 Å². The molecule has 0 bridgehead atoms. The van der Waals surface area contributed by atoms with E-state index in [-0.39, 0.29) is 5.91 Å². The van der Waals surface area contributed by atoms with E-state index in [0.29, 0.717) is 22.9 Å². The summed E-state index contributed by atoms with van der Waals surface area (Å²) < 4.78 is 1.80. The molecule has 0 aliphatic heterocycles. The van der Waals surface area contributed by atoms with E-state index in [1.165, 1.54) is 22.5 Å². The summed E-state index contributed by atoms with van der Waals surface area (Å²) in [5, 5.41) is 9.90. The highest BCUT2D eigenvalue weighted by molar-refractivity contribution is 6.29. The maximum atomic E-state index is 12.2. The number of carbonyl (C=O) groups is 1. The van der Waals surface area contributed by atoms with Crippen molar-refractivity contribution in [3.05, 3.63) is 89.5 Å². The lowest BCUT2D eigenvalue weighted by atomic mass is 10.0. The first kappa shape index (κ1) is 16.3. The maximum Gasteiger partial charge on any atom is 0.257 e. The Morgan fingerprint density at radius 3 is 2.73 bits per heavy atom. The second-order valence-corrected chi connectivity index (χ2v) is 6.28. The predicted octanol–water partition coefficient (Wildman–Crippen LogP) is 4.39. The molecule has 6 heteroatoms. The number of hydrogen-bond donors (Lipinski definition) is 1. The van der Waals surface area contributed by atoms with Crippen molar-refractivity contribution >= 4 is 34.0 Å². The van der Waals surface area contributed by atoms with Gasteiger partial charge in [0.2, 0.25) is 0 Å². The molecule has 2 heterocycles. The minimum atomic E-state index is -0.251. The van der Waals surface area contributed by atoms with Gasteiger partial charge in [-0.2, -0.15) is 5.10 Å². The second-order valence-electron chi connectivity index (χ2n) is 5.89. The first-order valence-electron chi connectivity index (χ1n) is 8.11. The normalized spacial score (nSPS) is 10.8. The minimum absolute atomic E-state index is 0.251. The molecule has 1 N–H and O–H groups in total. The number of carbonyl (C=O) groups excluding carboxylic acids is 1. The molecular weight excluding hydrogens is 348 g/mol. The Hall–Kier alpha value is -3.18. The smallest absolute Gasteiger partial charge is 0.257 e. The molecule has 0 saturated heterocycles. The van der Waals surface area contributed by atoms with Gasteiger partial charge in [0.1, 0.15) is 5.15 Å². The molecule has 2 aromatic carbocycles. The van der Waals surface area contributed by atoms with Crippen molar-refractivity contribution in [1.82, 2.24) is 14.8 Å². The number of hydrogen-bond acceptors (Lipinski definition) is 3. The molecule has 0 spiro atoms. The maximum absolute atomic E-state index is 12.2. The zero-order valence-electron chi connectivity index (χ0n) is 13.8. The summed E-state index contributed by atoms with van der Waals surface area (Å²) >= 11 is 5.74. The Labute approximate surface area is 155 Å². The molecule has 5 nitrogen and oxygen atoms in total. The third-order valence-electron chi connectivity index (χ3n) is 4.09. The summed E-state index contributed by atoms with van der Waals surface area (Å²) in [5.41, 5.74) is 2.24. The van der Waals surface area contributed by atoms with Crippen molar-refractivity contribution in [3.8, 4) is 0 Å². The average molecular weight is 363 g/mol. The first-order valence-corrected chi connectivity index (χ1v) is 8.49. The van der Waals surface area contributed by atoms with Gasteiger partial charge in [0, 0.05) is 12.4 Å². The second kappa shape index (κ2) is 6.98. The van der Waals surface area contributed by atoms with Crippen molar-refractivity contribution in [1.29, 1.82) is 0 Å². The number of nitrogens with one attached hydrogen (secondary N) is 1. The van der Waals surface area contributed by atoms with E-state index in [1.807, 2.05) is 24.4 Å². The number of pyridine rings is 1. The van der Waals surface area contributed by atoms with Gasteiger partial charge < -0.3 is 5.32 Å². The minimum Gasteiger partial charge on any atom is -0.319 e. The number of rotatable bonds is 4. The molecule has 4 aromatic rings. The number of nitrogens with zero attached hydrogens (tertiary/aromatic N) is 3. The number of benzene rings is 2. The first-order chi connectivity index (χ1) is 12.7. The predicted molar refractivity (Wildman–Crippen MR) is 102 cm³/mol. The van der Waals surface area contributed by atoms with Crippen molar-refractivity contribution in [2.75, 3.05) is 5.32 Å². The summed E-state index contributed by atoms with van der Waals surface area (Å²) in [6.45, 7) is 0.625. The quantitative estimate of drug-likeness (QED) is 0.548. The summed E-state index contributed by atoms with van der Waals surface area (Å²) in [7, 11) is 0. The molecule has 2 aromatic heterocycles. The lowest BCUT2D eigenvalue weighted by molar-refractivity contribution is 0.102. The summed E-state index contributed by atoms with van der Waals surface area (Å²) in [6, 6.07) is 17.7. The third kappa shape index (κ3) is 3.43. The molecule has 26 heavy (non-hydrogen) atoms. The van der Waals surface area contributed by atoms with Gasteiger partial charge in [0.15, 0.2) is 0 Å². The molecule has 128 valence electrons. The molecule has 0 unspecified atom stereocenters. The van der Waals surface area contributed by atoms with Gasteiger partial charge in [0.05, 0.1) is 24.0 Å². The standard InChI is InChI=1S/C20H15ClN4O/c21-19-9-8-15(10-22-19)20(26)24-17-11-23-25(13-17)12-16-6-3-5-14-4-1-2-7-18(14)16/h1-11,13H,12H2,(H,24,26). The molecule has 0 saturated carbocycles. The Bertz CT molecular complexity index is 1070. The molecule has 0 radical (unpaired) electrons. The van der Waals surface area contributed by atoms with Crippen molar-refractivity contribution in [2.45, 2.75) is 6.54 Å². The highest BCUT2D eigenvalue weighted by Crippen LogP contribution is 2.20. The number of fused-ring (bicyclic) bond motifs is 1. The number of anilines is 1. The van der Waals surface area contributed by atoms with Gasteiger partial charge in [-0.15, -0.1) is 0 Å². The Morgan fingerprint density at radius 2 is 1.88 bits per heavy atom. The van der Waals surface area contributed by atoms with E-state index in [0.717, 1.165) is 0 Å². The fraction of sp³-hybridized carbons (Fsp3) is 0.0500. The van der Waals surface area contributed by atoms with E-state index in [9.17, 15) is 4.79 Å². The molecule has 0 aliphatic rings.